The van der Waals surface area contributed by atoms with Crippen LogP contribution < -0.4 is 5.32 Å². The van der Waals surface area contributed by atoms with Gasteiger partial charge in [0.25, 0.3) is 0 Å². The third-order valence-electron chi connectivity index (χ3n) is 4.63. The minimum Gasteiger partial charge on any atom is -0.342 e. The van der Waals surface area contributed by atoms with Gasteiger partial charge in [-0.25, -0.2) is 0 Å². The number of amides is 1. The second kappa shape index (κ2) is 10.3. The molecule has 1 heterocycles. The molecule has 1 N–H and O–H groups in total. The highest BCUT2D eigenvalue weighted by Gasteiger charge is 2.27. The highest BCUT2D eigenvalue weighted by molar-refractivity contribution is 9.10. The lowest BCUT2D eigenvalue weighted by Crippen LogP contribution is -2.43. The van der Waals surface area contributed by atoms with E-state index in [1.165, 1.54) is 5.56 Å². The molecule has 130 valence electrons. The first-order chi connectivity index (χ1) is 10.6. The zero-order valence-corrected chi connectivity index (χ0v) is 16.5. The highest BCUT2D eigenvalue weighted by atomic mass is 79.9. The molecule has 0 bridgehead atoms. The van der Waals surface area contributed by atoms with E-state index >= 15 is 0 Å². The number of carbonyl (C=O) groups excluding carboxylic acids is 1. The predicted molar refractivity (Wildman–Crippen MR) is 102 cm³/mol. The molecule has 2 rings (SSSR count). The molecular formula is C18H28BrClN2O. The maximum Gasteiger partial charge on any atom is 0.226 e. The first kappa shape index (κ1) is 20.5. The largest absolute Gasteiger partial charge is 0.342 e. The molecule has 0 saturated carbocycles. The van der Waals surface area contributed by atoms with Crippen molar-refractivity contribution in [3.63, 3.8) is 0 Å². The SMILES string of the molecule is CCC(Cc1cccc(Br)c1)C(=O)N1CCC(CNC)CC1.Cl. The van der Waals surface area contributed by atoms with Gasteiger partial charge in [-0.3, -0.25) is 4.79 Å². The smallest absolute Gasteiger partial charge is 0.226 e. The molecule has 1 unspecified atom stereocenters. The molecule has 1 atom stereocenters. The Kier molecular flexibility index (Phi) is 9.18. The maximum atomic E-state index is 12.8. The molecule has 0 spiro atoms. The molecule has 1 saturated heterocycles. The van der Waals surface area contributed by atoms with E-state index in [1.54, 1.807) is 0 Å². The summed E-state index contributed by atoms with van der Waals surface area (Å²) in [5.41, 5.74) is 1.24. The van der Waals surface area contributed by atoms with Crippen molar-refractivity contribution in [2.24, 2.45) is 11.8 Å². The van der Waals surface area contributed by atoms with Crippen LogP contribution in [0, 0.1) is 11.8 Å². The second-order valence-electron chi connectivity index (χ2n) is 6.27. The van der Waals surface area contributed by atoms with E-state index in [1.807, 2.05) is 19.2 Å². The third-order valence-corrected chi connectivity index (χ3v) is 5.13. The molecule has 1 aromatic carbocycles. The zero-order valence-electron chi connectivity index (χ0n) is 14.1. The fourth-order valence-corrected chi connectivity index (χ4v) is 3.71. The van der Waals surface area contributed by atoms with E-state index < -0.39 is 0 Å². The number of hydrogen-bond donors (Lipinski definition) is 1. The molecular weight excluding hydrogens is 376 g/mol. The Hall–Kier alpha value is -0.580. The summed E-state index contributed by atoms with van der Waals surface area (Å²) in [6.07, 6.45) is 3.99. The van der Waals surface area contributed by atoms with Crippen LogP contribution in [0.1, 0.15) is 31.7 Å². The topological polar surface area (TPSA) is 32.3 Å². The molecule has 1 amide bonds. The van der Waals surface area contributed by atoms with E-state index in [2.05, 4.69) is 45.2 Å². The summed E-state index contributed by atoms with van der Waals surface area (Å²) in [5, 5.41) is 3.25. The summed E-state index contributed by atoms with van der Waals surface area (Å²) in [6.45, 7) is 5.02. The molecule has 1 aliphatic rings. The second-order valence-corrected chi connectivity index (χ2v) is 7.18. The van der Waals surface area contributed by atoms with Crippen molar-refractivity contribution in [3.8, 4) is 0 Å². The Morgan fingerprint density at radius 2 is 2.09 bits per heavy atom. The zero-order chi connectivity index (χ0) is 15.9. The highest BCUT2D eigenvalue weighted by Crippen LogP contribution is 2.22. The number of nitrogens with one attached hydrogen (secondary N) is 1. The third kappa shape index (κ3) is 6.09. The first-order valence-electron chi connectivity index (χ1n) is 8.31. The van der Waals surface area contributed by atoms with Gasteiger partial charge in [0, 0.05) is 23.5 Å². The molecule has 5 heteroatoms. The van der Waals surface area contributed by atoms with Gasteiger partial charge >= 0.3 is 0 Å². The van der Waals surface area contributed by atoms with Crippen LogP contribution in [0.5, 0.6) is 0 Å². The van der Waals surface area contributed by atoms with Gasteiger partial charge in [0.1, 0.15) is 0 Å². The summed E-state index contributed by atoms with van der Waals surface area (Å²) >= 11 is 3.51. The fourth-order valence-electron chi connectivity index (χ4n) is 3.26. The Bertz CT molecular complexity index is 490. The lowest BCUT2D eigenvalue weighted by Gasteiger charge is -2.34. The quantitative estimate of drug-likeness (QED) is 0.781. The number of rotatable bonds is 6. The lowest BCUT2D eigenvalue weighted by atomic mass is 9.92. The van der Waals surface area contributed by atoms with Crippen molar-refractivity contribution < 1.29 is 4.79 Å². The van der Waals surface area contributed by atoms with Gasteiger partial charge in [-0.2, -0.15) is 0 Å². The van der Waals surface area contributed by atoms with E-state index in [4.69, 9.17) is 0 Å². The van der Waals surface area contributed by atoms with Crippen molar-refractivity contribution in [3.05, 3.63) is 34.3 Å². The number of carbonyl (C=O) groups is 1. The lowest BCUT2D eigenvalue weighted by molar-refractivity contribution is -0.137. The summed E-state index contributed by atoms with van der Waals surface area (Å²) < 4.78 is 1.08. The fraction of sp³-hybridized carbons (Fsp3) is 0.611. The van der Waals surface area contributed by atoms with Crippen molar-refractivity contribution in [1.29, 1.82) is 0 Å². The van der Waals surface area contributed by atoms with Gasteiger partial charge in [-0.05, 0) is 62.9 Å². The van der Waals surface area contributed by atoms with Gasteiger partial charge in [0.05, 0.1) is 0 Å². The molecule has 0 aromatic heterocycles. The van der Waals surface area contributed by atoms with Crippen molar-refractivity contribution in [2.75, 3.05) is 26.7 Å². The minimum atomic E-state index is 0. The van der Waals surface area contributed by atoms with Crippen LogP contribution in [-0.4, -0.2) is 37.5 Å². The summed E-state index contributed by atoms with van der Waals surface area (Å²) in [7, 11) is 2.00. The average molecular weight is 404 g/mol. The summed E-state index contributed by atoms with van der Waals surface area (Å²) in [6, 6.07) is 8.30. The van der Waals surface area contributed by atoms with Crippen molar-refractivity contribution in [1.82, 2.24) is 10.2 Å². The summed E-state index contributed by atoms with van der Waals surface area (Å²) in [4.78, 5) is 14.9. The van der Waals surface area contributed by atoms with Crippen LogP contribution >= 0.6 is 28.3 Å². The minimum absolute atomic E-state index is 0. The van der Waals surface area contributed by atoms with Gasteiger partial charge in [-0.1, -0.05) is 35.0 Å². The van der Waals surface area contributed by atoms with Crippen molar-refractivity contribution in [2.45, 2.75) is 32.6 Å². The van der Waals surface area contributed by atoms with Gasteiger partial charge < -0.3 is 10.2 Å². The maximum absolute atomic E-state index is 12.8. The molecule has 1 fully saturated rings. The molecule has 23 heavy (non-hydrogen) atoms. The number of likely N-dealkylation sites (tertiary alicyclic amines) is 1. The van der Waals surface area contributed by atoms with E-state index in [-0.39, 0.29) is 18.3 Å². The summed E-state index contributed by atoms with van der Waals surface area (Å²) in [5.74, 6) is 1.17. The van der Waals surface area contributed by atoms with Gasteiger partial charge in [-0.15, -0.1) is 12.4 Å². The number of nitrogens with zero attached hydrogens (tertiary/aromatic N) is 1. The normalized spacial score (nSPS) is 16.7. The Balaban J connectivity index is 0.00000264. The van der Waals surface area contributed by atoms with E-state index in [9.17, 15) is 4.79 Å². The number of hydrogen-bond acceptors (Lipinski definition) is 2. The van der Waals surface area contributed by atoms with Crippen LogP contribution in [0.3, 0.4) is 0 Å². The number of piperidine rings is 1. The predicted octanol–water partition coefficient (Wildman–Crippen LogP) is 3.90. The first-order valence-corrected chi connectivity index (χ1v) is 9.11. The number of halogens is 2. The van der Waals surface area contributed by atoms with Crippen LogP contribution in [0.4, 0.5) is 0 Å². The van der Waals surface area contributed by atoms with E-state index in [0.29, 0.717) is 5.91 Å². The Morgan fingerprint density at radius 3 is 2.65 bits per heavy atom. The standard InChI is InChI=1S/C18H27BrN2O.ClH/c1-3-16(11-15-5-4-6-17(19)12-15)18(22)21-9-7-14(8-10-21)13-20-2;/h4-6,12,14,16,20H,3,7-11,13H2,1-2H3;1H. The number of benzene rings is 1. The monoisotopic (exact) mass is 402 g/mol. The molecule has 3 nitrogen and oxygen atoms in total. The molecule has 0 radical (unpaired) electrons. The van der Waals surface area contributed by atoms with Crippen molar-refractivity contribution >= 4 is 34.2 Å². The average Bonchev–Trinajstić information content (AvgIpc) is 2.53. The van der Waals surface area contributed by atoms with E-state index in [0.717, 1.165) is 55.7 Å². The Labute approximate surface area is 154 Å². The van der Waals surface area contributed by atoms with Crippen LogP contribution in [-0.2, 0) is 11.2 Å². The van der Waals surface area contributed by atoms with Crippen LogP contribution in [0.15, 0.2) is 28.7 Å². The molecule has 1 aromatic rings. The Morgan fingerprint density at radius 1 is 1.39 bits per heavy atom. The molecule has 1 aliphatic heterocycles. The van der Waals surface area contributed by atoms with Crippen LogP contribution in [0.2, 0.25) is 0 Å². The van der Waals surface area contributed by atoms with Gasteiger partial charge in [0.15, 0.2) is 0 Å². The molecule has 0 aliphatic carbocycles. The van der Waals surface area contributed by atoms with Crippen LogP contribution in [0.25, 0.3) is 0 Å². The van der Waals surface area contributed by atoms with Gasteiger partial charge in [0.2, 0.25) is 5.91 Å².